The molecule has 3 heterocycles. The molecule has 190 valence electrons. The minimum Gasteiger partial charge on any atom is -0.496 e. The Morgan fingerprint density at radius 3 is 2.94 bits per heavy atom. The average Bonchev–Trinajstić information content (AvgIpc) is 3.52. The summed E-state index contributed by atoms with van der Waals surface area (Å²) in [6, 6.07) is 6.56. The Bertz CT molecular complexity index is 1100. The maximum atomic E-state index is 12.6. The first kappa shape index (κ1) is 25.1. The number of aliphatic hydroxyl groups is 1. The fourth-order valence-corrected chi connectivity index (χ4v) is 4.27. The minimum atomic E-state index is -0.380. The fourth-order valence-electron chi connectivity index (χ4n) is 4.27. The monoisotopic (exact) mass is 487 g/mol. The molecule has 1 aliphatic heterocycles. The molecule has 0 bridgehead atoms. The third-order valence-electron chi connectivity index (χ3n) is 6.10. The number of benzene rings is 1. The smallest absolute Gasteiger partial charge is 0.222 e. The van der Waals surface area contributed by atoms with Gasteiger partial charge in [0.15, 0.2) is 11.3 Å². The molecule has 0 amide bonds. The highest BCUT2D eigenvalue weighted by molar-refractivity contribution is 5.86. The summed E-state index contributed by atoms with van der Waals surface area (Å²) in [6.45, 7) is 3.24. The predicted octanol–water partition coefficient (Wildman–Crippen LogP) is 1.89. The lowest BCUT2D eigenvalue weighted by Crippen LogP contribution is -2.29. The molecule has 0 saturated carbocycles. The van der Waals surface area contributed by atoms with Gasteiger partial charge < -0.3 is 30.5 Å². The van der Waals surface area contributed by atoms with Crippen molar-refractivity contribution >= 4 is 22.8 Å². The van der Waals surface area contributed by atoms with Gasteiger partial charge in [0.25, 0.3) is 0 Å². The number of fused-ring (bicyclic) bond motifs is 1. The number of ether oxygens (including phenoxy) is 2. The Kier molecular flexibility index (Phi) is 8.67. The lowest BCUT2D eigenvalue weighted by molar-refractivity contribution is 0.190. The Balaban J connectivity index is 1.54. The third kappa shape index (κ3) is 6.36. The standard InChI is InChI=1S/C24H34FN7O3/c1-34-21-12-17(13-27-19-6-11-35-16-19)4-5-18(21)14-32-15-20-22(30-32)23(29-24(26)28-20)31(9-10-33)8-3-2-7-25/h4-5,12,15,19,27,33H,2-3,6-11,13-14,16H2,1H3,(H2,26,28)/t19-/m1/s1. The van der Waals surface area contributed by atoms with Crippen LogP contribution in [0.25, 0.3) is 11.0 Å². The van der Waals surface area contributed by atoms with Crippen molar-refractivity contribution in [3.63, 3.8) is 0 Å². The van der Waals surface area contributed by atoms with Gasteiger partial charge in [0.1, 0.15) is 11.3 Å². The highest BCUT2D eigenvalue weighted by Gasteiger charge is 2.18. The van der Waals surface area contributed by atoms with E-state index >= 15 is 0 Å². The third-order valence-corrected chi connectivity index (χ3v) is 6.10. The molecule has 11 heteroatoms. The first-order valence-corrected chi connectivity index (χ1v) is 12.0. The zero-order valence-electron chi connectivity index (χ0n) is 20.1. The van der Waals surface area contributed by atoms with E-state index in [0.717, 1.165) is 43.1 Å². The zero-order chi connectivity index (χ0) is 24.6. The van der Waals surface area contributed by atoms with Crippen molar-refractivity contribution < 1.29 is 19.0 Å². The van der Waals surface area contributed by atoms with Gasteiger partial charge in [0.2, 0.25) is 5.95 Å². The molecule has 2 aromatic heterocycles. The van der Waals surface area contributed by atoms with Crippen LogP contribution in [0.2, 0.25) is 0 Å². The lowest BCUT2D eigenvalue weighted by atomic mass is 10.1. The minimum absolute atomic E-state index is 0.0616. The van der Waals surface area contributed by atoms with Crippen LogP contribution >= 0.6 is 0 Å². The number of nitrogen functional groups attached to an aromatic ring is 1. The summed E-state index contributed by atoms with van der Waals surface area (Å²) in [5.41, 5.74) is 9.28. The van der Waals surface area contributed by atoms with Crippen LogP contribution in [0.5, 0.6) is 5.75 Å². The molecule has 1 aromatic carbocycles. The van der Waals surface area contributed by atoms with Gasteiger partial charge in [0, 0.05) is 37.8 Å². The van der Waals surface area contributed by atoms with Gasteiger partial charge in [-0.1, -0.05) is 12.1 Å². The molecular formula is C24H34FN7O3. The van der Waals surface area contributed by atoms with Crippen LogP contribution in [-0.4, -0.2) is 77.6 Å². The van der Waals surface area contributed by atoms with Crippen molar-refractivity contribution in [2.24, 2.45) is 0 Å². The van der Waals surface area contributed by atoms with E-state index in [-0.39, 0.29) is 19.2 Å². The molecule has 35 heavy (non-hydrogen) atoms. The van der Waals surface area contributed by atoms with E-state index in [1.165, 1.54) is 0 Å². The van der Waals surface area contributed by atoms with Crippen molar-refractivity contribution in [2.75, 3.05) is 57.3 Å². The summed E-state index contributed by atoms with van der Waals surface area (Å²) in [6.07, 6.45) is 3.93. The number of halogens is 1. The van der Waals surface area contributed by atoms with Crippen molar-refractivity contribution in [3.05, 3.63) is 35.5 Å². The van der Waals surface area contributed by atoms with Gasteiger partial charge in [-0.15, -0.1) is 0 Å². The van der Waals surface area contributed by atoms with E-state index in [0.29, 0.717) is 55.4 Å². The van der Waals surface area contributed by atoms with Crippen molar-refractivity contribution in [1.82, 2.24) is 25.1 Å². The molecule has 10 nitrogen and oxygen atoms in total. The summed E-state index contributed by atoms with van der Waals surface area (Å²) in [5.74, 6) is 1.46. The van der Waals surface area contributed by atoms with Crippen LogP contribution < -0.4 is 20.7 Å². The number of aromatic nitrogens is 4. The molecular weight excluding hydrogens is 453 g/mol. The Hall–Kier alpha value is -3.02. The van der Waals surface area contributed by atoms with Crippen LogP contribution in [-0.2, 0) is 17.8 Å². The summed E-state index contributed by atoms with van der Waals surface area (Å²) < 4.78 is 25.5. The first-order chi connectivity index (χ1) is 17.1. The van der Waals surface area contributed by atoms with E-state index in [9.17, 15) is 9.50 Å². The molecule has 0 aliphatic carbocycles. The number of aliphatic hydroxyl groups excluding tert-OH is 1. The number of hydrogen-bond donors (Lipinski definition) is 3. The SMILES string of the molecule is COc1cc(CN[C@@H]2CCOC2)ccc1Cn1cc2nc(N)nc(N(CCO)CCCCF)c2n1. The van der Waals surface area contributed by atoms with E-state index in [1.807, 2.05) is 23.2 Å². The van der Waals surface area contributed by atoms with Crippen LogP contribution in [0.4, 0.5) is 16.2 Å². The largest absolute Gasteiger partial charge is 0.496 e. The second kappa shape index (κ2) is 12.1. The van der Waals surface area contributed by atoms with Gasteiger partial charge in [0.05, 0.1) is 39.7 Å². The number of nitrogens with two attached hydrogens (primary N) is 1. The van der Waals surface area contributed by atoms with Crippen molar-refractivity contribution in [1.29, 1.82) is 0 Å². The Morgan fingerprint density at radius 2 is 2.20 bits per heavy atom. The molecule has 4 N–H and O–H groups in total. The van der Waals surface area contributed by atoms with Gasteiger partial charge in [-0.2, -0.15) is 10.1 Å². The molecule has 3 aromatic rings. The summed E-state index contributed by atoms with van der Waals surface area (Å²) >= 11 is 0. The van der Waals surface area contributed by atoms with E-state index < -0.39 is 0 Å². The van der Waals surface area contributed by atoms with E-state index in [4.69, 9.17) is 20.3 Å². The highest BCUT2D eigenvalue weighted by Crippen LogP contribution is 2.26. The molecule has 1 fully saturated rings. The van der Waals surface area contributed by atoms with Crippen molar-refractivity contribution in [3.8, 4) is 5.75 Å². The number of anilines is 2. The van der Waals surface area contributed by atoms with Crippen LogP contribution in [0.1, 0.15) is 30.4 Å². The predicted molar refractivity (Wildman–Crippen MR) is 132 cm³/mol. The summed E-state index contributed by atoms with van der Waals surface area (Å²) in [5, 5.41) is 17.8. The van der Waals surface area contributed by atoms with Gasteiger partial charge in [-0.25, -0.2) is 4.98 Å². The molecule has 0 unspecified atom stereocenters. The summed E-state index contributed by atoms with van der Waals surface area (Å²) in [4.78, 5) is 10.6. The van der Waals surface area contributed by atoms with Gasteiger partial charge in [-0.3, -0.25) is 9.07 Å². The Labute approximate surface area is 204 Å². The zero-order valence-corrected chi connectivity index (χ0v) is 20.1. The topological polar surface area (TPSA) is 124 Å². The van der Waals surface area contributed by atoms with Crippen LogP contribution in [0.3, 0.4) is 0 Å². The van der Waals surface area contributed by atoms with Gasteiger partial charge in [-0.05, 0) is 30.9 Å². The number of nitrogens with zero attached hydrogens (tertiary/aromatic N) is 5. The van der Waals surface area contributed by atoms with Crippen molar-refractivity contribution in [2.45, 2.75) is 38.4 Å². The normalized spacial score (nSPS) is 15.7. The fraction of sp³-hybridized carbons (Fsp3) is 0.542. The van der Waals surface area contributed by atoms with E-state index in [1.54, 1.807) is 11.8 Å². The molecule has 1 aliphatic rings. The molecule has 1 saturated heterocycles. The second-order valence-electron chi connectivity index (χ2n) is 8.66. The molecule has 0 spiro atoms. The van der Waals surface area contributed by atoms with Crippen LogP contribution in [0, 0.1) is 0 Å². The number of rotatable bonds is 13. The number of alkyl halides is 1. The maximum absolute atomic E-state index is 12.6. The lowest BCUT2D eigenvalue weighted by Gasteiger charge is -2.22. The summed E-state index contributed by atoms with van der Waals surface area (Å²) in [7, 11) is 1.66. The quantitative estimate of drug-likeness (QED) is 0.310. The molecule has 4 rings (SSSR count). The number of methoxy groups -OCH3 is 1. The second-order valence-corrected chi connectivity index (χ2v) is 8.66. The molecule has 1 atom stereocenters. The Morgan fingerprint density at radius 1 is 1.31 bits per heavy atom. The number of hydrogen-bond acceptors (Lipinski definition) is 9. The van der Waals surface area contributed by atoms with Gasteiger partial charge >= 0.3 is 0 Å². The average molecular weight is 488 g/mol. The maximum Gasteiger partial charge on any atom is 0.222 e. The first-order valence-electron chi connectivity index (χ1n) is 12.0. The van der Waals surface area contributed by atoms with Crippen LogP contribution in [0.15, 0.2) is 24.4 Å². The number of nitrogens with one attached hydrogen (secondary N) is 1. The molecule has 0 radical (unpaired) electrons. The number of unbranched alkanes of at least 4 members (excludes halogenated alkanes) is 1. The highest BCUT2D eigenvalue weighted by atomic mass is 19.1. The van der Waals surface area contributed by atoms with E-state index in [2.05, 4.69) is 21.4 Å².